The highest BCUT2D eigenvalue weighted by atomic mass is 19.1. The van der Waals surface area contributed by atoms with E-state index in [1.165, 1.54) is 109 Å². The lowest BCUT2D eigenvalue weighted by Gasteiger charge is -2.37. The minimum atomic E-state index is -0.943. The molecule has 4 heteroatoms. The minimum absolute atomic E-state index is 0.0352. The van der Waals surface area contributed by atoms with Crippen molar-refractivity contribution in [2.75, 3.05) is 6.61 Å². The third-order valence-electron chi connectivity index (χ3n) is 9.91. The monoisotopic (exact) mass is 572 g/mol. The fourth-order valence-corrected chi connectivity index (χ4v) is 7.16. The molecule has 0 heterocycles. The van der Waals surface area contributed by atoms with Crippen molar-refractivity contribution in [1.29, 1.82) is 0 Å². The molecule has 0 amide bonds. The third-order valence-corrected chi connectivity index (χ3v) is 9.91. The van der Waals surface area contributed by atoms with Crippen molar-refractivity contribution in [2.45, 2.75) is 167 Å². The van der Waals surface area contributed by atoms with Gasteiger partial charge in [-0.1, -0.05) is 110 Å². The van der Waals surface area contributed by atoms with Crippen molar-refractivity contribution in [1.82, 2.24) is 0 Å². The van der Waals surface area contributed by atoms with E-state index in [9.17, 15) is 9.18 Å². The number of benzene rings is 1. The third kappa shape index (κ3) is 13.5. The van der Waals surface area contributed by atoms with Crippen LogP contribution in [0.25, 0.3) is 0 Å². The van der Waals surface area contributed by atoms with Crippen molar-refractivity contribution in [3.05, 3.63) is 29.8 Å². The van der Waals surface area contributed by atoms with Gasteiger partial charge in [-0.05, 0) is 87.0 Å². The molecule has 3 nitrogen and oxygen atoms in total. The molecule has 2 saturated carbocycles. The van der Waals surface area contributed by atoms with Crippen LogP contribution in [0.1, 0.15) is 165 Å². The van der Waals surface area contributed by atoms with Crippen molar-refractivity contribution in [2.24, 2.45) is 17.8 Å². The van der Waals surface area contributed by atoms with Crippen LogP contribution < -0.4 is 4.74 Å². The molecule has 0 aromatic heterocycles. The van der Waals surface area contributed by atoms with E-state index in [1.54, 1.807) is 24.3 Å². The van der Waals surface area contributed by atoms with Crippen LogP contribution in [0.5, 0.6) is 5.75 Å². The van der Waals surface area contributed by atoms with Gasteiger partial charge in [0.1, 0.15) is 24.6 Å². The molecule has 0 spiro atoms. The van der Waals surface area contributed by atoms with Crippen molar-refractivity contribution < 1.29 is 18.7 Å². The SMILES string of the molecule is CCCCCCCCC(F)COc1ccc(C(=O)OC2CCC(C3CCC(CCCCCCCC)CC3)CC2)cc1. The molecule has 2 fully saturated rings. The lowest BCUT2D eigenvalue weighted by Crippen LogP contribution is -2.29. The molecule has 1 unspecified atom stereocenters. The second-order valence-corrected chi connectivity index (χ2v) is 13.3. The van der Waals surface area contributed by atoms with Gasteiger partial charge in [0.05, 0.1) is 5.56 Å². The van der Waals surface area contributed by atoms with Crippen LogP contribution in [0.4, 0.5) is 4.39 Å². The summed E-state index contributed by atoms with van der Waals surface area (Å²) in [5.74, 6) is 3.03. The number of ether oxygens (including phenoxy) is 2. The van der Waals surface area contributed by atoms with Crippen molar-refractivity contribution in [3.8, 4) is 5.75 Å². The first kappa shape index (κ1) is 33.9. The van der Waals surface area contributed by atoms with Gasteiger partial charge in [-0.2, -0.15) is 0 Å². The molecule has 0 bridgehead atoms. The zero-order valence-corrected chi connectivity index (χ0v) is 26.6. The van der Waals surface area contributed by atoms with E-state index in [-0.39, 0.29) is 18.7 Å². The first-order valence-electron chi connectivity index (χ1n) is 17.7. The summed E-state index contributed by atoms with van der Waals surface area (Å²) in [7, 11) is 0. The summed E-state index contributed by atoms with van der Waals surface area (Å²) in [5, 5.41) is 0. The summed E-state index contributed by atoms with van der Waals surface area (Å²) in [6.45, 7) is 4.57. The van der Waals surface area contributed by atoms with Crippen LogP contribution in [0.2, 0.25) is 0 Å². The maximum Gasteiger partial charge on any atom is 0.338 e. The number of alkyl halides is 1. The molecule has 0 radical (unpaired) electrons. The highest BCUT2D eigenvalue weighted by molar-refractivity contribution is 5.89. The molecule has 3 rings (SSSR count). The van der Waals surface area contributed by atoms with E-state index in [2.05, 4.69) is 13.8 Å². The van der Waals surface area contributed by atoms with E-state index in [0.717, 1.165) is 43.4 Å². The first-order chi connectivity index (χ1) is 20.1. The molecule has 1 aromatic carbocycles. The Morgan fingerprint density at radius 1 is 0.732 bits per heavy atom. The molecule has 234 valence electrons. The van der Waals surface area contributed by atoms with Crippen molar-refractivity contribution in [3.63, 3.8) is 0 Å². The molecule has 2 aliphatic rings. The normalized spacial score (nSPS) is 23.7. The number of rotatable bonds is 20. The minimum Gasteiger partial charge on any atom is -0.491 e. The molecule has 41 heavy (non-hydrogen) atoms. The predicted molar refractivity (Wildman–Crippen MR) is 169 cm³/mol. The zero-order chi connectivity index (χ0) is 29.1. The van der Waals surface area contributed by atoms with Gasteiger partial charge in [-0.15, -0.1) is 0 Å². The lowest BCUT2D eigenvalue weighted by molar-refractivity contribution is 0.0109. The first-order valence-corrected chi connectivity index (χ1v) is 17.7. The maximum atomic E-state index is 14.2. The number of esters is 1. The Kier molecular flexibility index (Phi) is 16.8. The zero-order valence-electron chi connectivity index (χ0n) is 26.6. The molecule has 1 aromatic rings. The largest absolute Gasteiger partial charge is 0.491 e. The van der Waals surface area contributed by atoms with Gasteiger partial charge < -0.3 is 9.47 Å². The van der Waals surface area contributed by atoms with Gasteiger partial charge in [-0.25, -0.2) is 9.18 Å². The van der Waals surface area contributed by atoms with Crippen LogP contribution in [-0.4, -0.2) is 24.9 Å². The Balaban J connectivity index is 1.25. The van der Waals surface area contributed by atoms with E-state index in [0.29, 0.717) is 17.7 Å². The second kappa shape index (κ2) is 20.3. The van der Waals surface area contributed by atoms with Crippen LogP contribution in [0.3, 0.4) is 0 Å². The number of hydrogen-bond donors (Lipinski definition) is 0. The molecule has 0 N–H and O–H groups in total. The quantitative estimate of drug-likeness (QED) is 0.115. The number of carbonyl (C=O) groups excluding carboxylic acids is 1. The maximum absolute atomic E-state index is 14.2. The molecule has 2 aliphatic carbocycles. The summed E-state index contributed by atoms with van der Waals surface area (Å²) in [6, 6.07) is 7.00. The average Bonchev–Trinajstić information content (AvgIpc) is 3.00. The van der Waals surface area contributed by atoms with Crippen LogP contribution in [0, 0.1) is 17.8 Å². The lowest BCUT2D eigenvalue weighted by atomic mass is 9.70. The van der Waals surface area contributed by atoms with Gasteiger partial charge in [0.15, 0.2) is 0 Å². The molecule has 0 aliphatic heterocycles. The molecule has 0 saturated heterocycles. The summed E-state index contributed by atoms with van der Waals surface area (Å²) < 4.78 is 25.7. The van der Waals surface area contributed by atoms with Gasteiger partial charge in [0, 0.05) is 0 Å². The Morgan fingerprint density at radius 2 is 1.27 bits per heavy atom. The second-order valence-electron chi connectivity index (χ2n) is 13.3. The number of carbonyl (C=O) groups is 1. The summed E-state index contributed by atoms with van der Waals surface area (Å²) >= 11 is 0. The Labute approximate surface area is 251 Å². The van der Waals surface area contributed by atoms with Gasteiger partial charge in [-0.3, -0.25) is 0 Å². The predicted octanol–water partition coefficient (Wildman–Crippen LogP) is 11.4. The van der Waals surface area contributed by atoms with Gasteiger partial charge in [0.2, 0.25) is 0 Å². The Bertz CT molecular complexity index is 793. The van der Waals surface area contributed by atoms with Crippen molar-refractivity contribution >= 4 is 5.97 Å². The Morgan fingerprint density at radius 3 is 1.88 bits per heavy atom. The van der Waals surface area contributed by atoms with Crippen LogP contribution in [-0.2, 0) is 4.74 Å². The van der Waals surface area contributed by atoms with E-state index in [1.807, 2.05) is 0 Å². The number of hydrogen-bond acceptors (Lipinski definition) is 3. The molecular formula is C37H61FO3. The fraction of sp³-hybridized carbons (Fsp3) is 0.811. The highest BCUT2D eigenvalue weighted by Crippen LogP contribution is 2.41. The van der Waals surface area contributed by atoms with E-state index in [4.69, 9.17) is 9.47 Å². The topological polar surface area (TPSA) is 35.5 Å². The van der Waals surface area contributed by atoms with E-state index >= 15 is 0 Å². The summed E-state index contributed by atoms with van der Waals surface area (Å²) in [5.41, 5.74) is 0.548. The highest BCUT2D eigenvalue weighted by Gasteiger charge is 2.32. The molecule has 1 atom stereocenters. The average molecular weight is 573 g/mol. The standard InChI is InChI=1S/C37H61FO3/c1-3-5-7-9-11-13-15-30-17-19-31(20-18-30)32-21-27-36(28-22-32)41-37(39)33-23-25-35(26-24-33)40-29-34(38)16-14-12-10-8-6-4-2/h23-26,30-32,34,36H,3-22,27-29H2,1-2H3. The number of unbranched alkanes of at least 4 members (excludes halogenated alkanes) is 10. The number of halogens is 1. The molecular weight excluding hydrogens is 511 g/mol. The Hall–Kier alpha value is -1.58. The summed E-state index contributed by atoms with van der Waals surface area (Å²) in [6.07, 6.45) is 26.6. The smallest absolute Gasteiger partial charge is 0.338 e. The van der Waals surface area contributed by atoms with Crippen LogP contribution in [0.15, 0.2) is 24.3 Å². The van der Waals surface area contributed by atoms with Gasteiger partial charge in [0.25, 0.3) is 0 Å². The van der Waals surface area contributed by atoms with Gasteiger partial charge >= 0.3 is 5.97 Å². The van der Waals surface area contributed by atoms with Crippen LogP contribution >= 0.6 is 0 Å². The summed E-state index contributed by atoms with van der Waals surface area (Å²) in [4.78, 5) is 12.8. The fourth-order valence-electron chi connectivity index (χ4n) is 7.16. The van der Waals surface area contributed by atoms with E-state index < -0.39 is 6.17 Å².